The highest BCUT2D eigenvalue weighted by Crippen LogP contribution is 2.66. The van der Waals surface area contributed by atoms with Crippen LogP contribution in [0.25, 0.3) is 0 Å². The van der Waals surface area contributed by atoms with E-state index < -0.39 is 0 Å². The van der Waals surface area contributed by atoms with Crippen molar-refractivity contribution in [2.75, 3.05) is 0 Å². The van der Waals surface area contributed by atoms with E-state index in [1.165, 1.54) is 25.7 Å². The lowest BCUT2D eigenvalue weighted by molar-refractivity contribution is 0.311. The normalized spacial score (nSPS) is 45.5. The van der Waals surface area contributed by atoms with E-state index in [0.717, 1.165) is 23.2 Å². The van der Waals surface area contributed by atoms with E-state index in [2.05, 4.69) is 20.8 Å². The fraction of sp³-hybridized carbons (Fsp3) is 1.00. The van der Waals surface area contributed by atoms with Gasteiger partial charge in [-0.15, -0.1) is 0 Å². The van der Waals surface area contributed by atoms with E-state index in [1.54, 1.807) is 0 Å². The summed E-state index contributed by atoms with van der Waals surface area (Å²) in [6.45, 7) is 7.27. The molecule has 0 heteroatoms. The lowest BCUT2D eigenvalue weighted by atomic mass is 9.87. The highest BCUT2D eigenvalue weighted by molar-refractivity contribution is 5.07. The zero-order chi connectivity index (χ0) is 8.06. The second-order valence-electron chi connectivity index (χ2n) is 4.96. The van der Waals surface area contributed by atoms with Crippen LogP contribution in [0.4, 0.5) is 0 Å². The summed E-state index contributed by atoms with van der Waals surface area (Å²) in [7, 11) is 0. The Bertz CT molecular complexity index is 157. The Morgan fingerprint density at radius 2 is 2.09 bits per heavy atom. The first-order chi connectivity index (χ1) is 5.18. The van der Waals surface area contributed by atoms with Crippen molar-refractivity contribution in [1.82, 2.24) is 0 Å². The molecule has 2 saturated carbocycles. The summed E-state index contributed by atoms with van der Waals surface area (Å²) in [6, 6.07) is 0. The minimum Gasteiger partial charge on any atom is -0.0651 e. The quantitative estimate of drug-likeness (QED) is 0.581. The van der Waals surface area contributed by atoms with E-state index in [0.29, 0.717) is 0 Å². The molecule has 0 N–H and O–H groups in total. The number of hydrogen-bond acceptors (Lipinski definition) is 0. The van der Waals surface area contributed by atoms with Crippen LogP contribution in [0.2, 0.25) is 0 Å². The molecule has 0 radical (unpaired) electrons. The standard InChI is InChI=1S/C11H20/c1-4-8(2)11(3)7-10(11)9-5-6-9/h8-10H,4-7H2,1-3H3. The molecule has 0 aliphatic heterocycles. The molecule has 0 heterocycles. The first-order valence-corrected chi connectivity index (χ1v) is 5.18. The van der Waals surface area contributed by atoms with E-state index in [1.807, 2.05) is 0 Å². The number of hydrogen-bond donors (Lipinski definition) is 0. The second-order valence-corrected chi connectivity index (χ2v) is 4.96. The van der Waals surface area contributed by atoms with Crippen molar-refractivity contribution in [3.05, 3.63) is 0 Å². The predicted molar refractivity (Wildman–Crippen MR) is 48.4 cm³/mol. The lowest BCUT2D eigenvalue weighted by Gasteiger charge is -2.18. The molecular weight excluding hydrogens is 132 g/mol. The average Bonchev–Trinajstić information content (AvgIpc) is 2.79. The van der Waals surface area contributed by atoms with Crippen LogP contribution in [0.1, 0.15) is 46.5 Å². The van der Waals surface area contributed by atoms with Gasteiger partial charge in [-0.25, -0.2) is 0 Å². The van der Waals surface area contributed by atoms with Crippen molar-refractivity contribution in [3.63, 3.8) is 0 Å². The van der Waals surface area contributed by atoms with Gasteiger partial charge in [-0.2, -0.15) is 0 Å². The van der Waals surface area contributed by atoms with Crippen LogP contribution >= 0.6 is 0 Å². The minimum absolute atomic E-state index is 0.760. The molecule has 0 spiro atoms. The van der Waals surface area contributed by atoms with Crippen molar-refractivity contribution in [3.8, 4) is 0 Å². The Kier molecular flexibility index (Phi) is 1.56. The van der Waals surface area contributed by atoms with Crippen LogP contribution in [-0.4, -0.2) is 0 Å². The zero-order valence-electron chi connectivity index (χ0n) is 8.06. The summed E-state index contributed by atoms with van der Waals surface area (Å²) in [5.74, 6) is 3.24. The molecule has 11 heavy (non-hydrogen) atoms. The Hall–Kier alpha value is 0. The van der Waals surface area contributed by atoms with Gasteiger partial charge in [0.1, 0.15) is 0 Å². The molecule has 0 saturated heterocycles. The highest BCUT2D eigenvalue weighted by atomic mass is 14.6. The molecule has 0 aromatic heterocycles. The zero-order valence-corrected chi connectivity index (χ0v) is 8.06. The maximum Gasteiger partial charge on any atom is -0.0266 e. The Labute approximate surface area is 70.4 Å². The van der Waals surface area contributed by atoms with Crippen LogP contribution in [0, 0.1) is 23.2 Å². The largest absolute Gasteiger partial charge is 0.0651 e. The summed E-state index contributed by atoms with van der Waals surface area (Å²) in [5.41, 5.74) is 0.760. The molecule has 2 aliphatic carbocycles. The maximum absolute atomic E-state index is 2.50. The Morgan fingerprint density at radius 1 is 1.45 bits per heavy atom. The summed E-state index contributed by atoms with van der Waals surface area (Å²) in [4.78, 5) is 0. The molecule has 2 aliphatic rings. The van der Waals surface area contributed by atoms with Crippen LogP contribution in [-0.2, 0) is 0 Å². The Balaban J connectivity index is 1.92. The molecule has 0 amide bonds. The topological polar surface area (TPSA) is 0 Å². The fourth-order valence-electron chi connectivity index (χ4n) is 2.65. The smallest absolute Gasteiger partial charge is 0.0266 e. The molecule has 0 aromatic carbocycles. The molecular formula is C11H20. The van der Waals surface area contributed by atoms with Crippen molar-refractivity contribution in [1.29, 1.82) is 0 Å². The van der Waals surface area contributed by atoms with Crippen LogP contribution < -0.4 is 0 Å². The fourth-order valence-corrected chi connectivity index (χ4v) is 2.65. The third kappa shape index (κ3) is 1.11. The molecule has 2 fully saturated rings. The molecule has 0 bridgehead atoms. The van der Waals surface area contributed by atoms with E-state index in [4.69, 9.17) is 0 Å². The van der Waals surface area contributed by atoms with Gasteiger partial charge in [-0.3, -0.25) is 0 Å². The van der Waals surface area contributed by atoms with Crippen molar-refractivity contribution >= 4 is 0 Å². The van der Waals surface area contributed by atoms with Gasteiger partial charge in [-0.05, 0) is 42.4 Å². The maximum atomic E-state index is 2.50. The first kappa shape index (κ1) is 7.64. The van der Waals surface area contributed by atoms with E-state index in [-0.39, 0.29) is 0 Å². The van der Waals surface area contributed by atoms with Crippen LogP contribution in [0.3, 0.4) is 0 Å². The SMILES string of the molecule is CCC(C)C1(C)CC1C1CC1. The van der Waals surface area contributed by atoms with Crippen molar-refractivity contribution in [2.45, 2.75) is 46.5 Å². The predicted octanol–water partition coefficient (Wildman–Crippen LogP) is 3.47. The minimum atomic E-state index is 0.760. The third-order valence-corrected chi connectivity index (χ3v) is 4.28. The summed E-state index contributed by atoms with van der Waals surface area (Å²) < 4.78 is 0. The van der Waals surface area contributed by atoms with Gasteiger partial charge in [0.05, 0.1) is 0 Å². The number of rotatable bonds is 3. The van der Waals surface area contributed by atoms with Crippen LogP contribution in [0.15, 0.2) is 0 Å². The summed E-state index contributed by atoms with van der Waals surface area (Å²) >= 11 is 0. The van der Waals surface area contributed by atoms with Crippen molar-refractivity contribution < 1.29 is 0 Å². The highest BCUT2D eigenvalue weighted by Gasteiger charge is 2.58. The first-order valence-electron chi connectivity index (χ1n) is 5.18. The Morgan fingerprint density at radius 3 is 2.55 bits per heavy atom. The lowest BCUT2D eigenvalue weighted by Crippen LogP contribution is -2.10. The van der Waals surface area contributed by atoms with Gasteiger partial charge in [0, 0.05) is 0 Å². The third-order valence-electron chi connectivity index (χ3n) is 4.28. The van der Waals surface area contributed by atoms with Gasteiger partial charge in [-0.1, -0.05) is 27.2 Å². The van der Waals surface area contributed by atoms with Gasteiger partial charge < -0.3 is 0 Å². The van der Waals surface area contributed by atoms with E-state index >= 15 is 0 Å². The summed E-state index contributed by atoms with van der Waals surface area (Å²) in [5, 5.41) is 0. The van der Waals surface area contributed by atoms with Crippen molar-refractivity contribution in [2.24, 2.45) is 23.2 Å². The van der Waals surface area contributed by atoms with Gasteiger partial charge in [0.15, 0.2) is 0 Å². The molecule has 64 valence electrons. The van der Waals surface area contributed by atoms with E-state index in [9.17, 15) is 0 Å². The summed E-state index contributed by atoms with van der Waals surface area (Å²) in [6.07, 6.45) is 5.99. The molecule has 3 atom stereocenters. The molecule has 3 unspecified atom stereocenters. The monoisotopic (exact) mass is 152 g/mol. The second kappa shape index (κ2) is 2.24. The van der Waals surface area contributed by atoms with Gasteiger partial charge >= 0.3 is 0 Å². The van der Waals surface area contributed by atoms with Crippen LogP contribution in [0.5, 0.6) is 0 Å². The molecule has 0 aromatic rings. The molecule has 2 rings (SSSR count). The molecule has 0 nitrogen and oxygen atoms in total. The van der Waals surface area contributed by atoms with Gasteiger partial charge in [0.2, 0.25) is 0 Å². The van der Waals surface area contributed by atoms with Gasteiger partial charge in [0.25, 0.3) is 0 Å². The average molecular weight is 152 g/mol.